The zero-order chi connectivity index (χ0) is 10.9. The minimum Gasteiger partial charge on any atom is -0.435 e. The molecule has 0 atom stereocenters. The number of alkyl halides is 2. The largest absolute Gasteiger partial charge is 0.435 e. The second-order valence-corrected chi connectivity index (χ2v) is 2.02. The molecule has 0 heterocycles. The number of ether oxygens (including phenoxy) is 1. The smallest absolute Gasteiger partial charge is 0.387 e. The lowest BCUT2D eigenvalue weighted by Gasteiger charge is -2.01. The van der Waals surface area contributed by atoms with Crippen molar-refractivity contribution in [3.05, 3.63) is 36.6 Å². The highest BCUT2D eigenvalue weighted by molar-refractivity contribution is 5.19. The first-order chi connectivity index (χ1) is 6.02. The number of rotatable bonds is 4. The first kappa shape index (κ1) is 14.4. The maximum absolute atomic E-state index is 11.5. The molecule has 1 nitrogen and oxygen atoms in total. The molecule has 0 N–H and O–H groups in total. The number of hydrogen-bond acceptors (Lipinski definition) is 1. The average Bonchev–Trinajstić information content (AvgIpc) is 2.03. The van der Waals surface area contributed by atoms with Crippen molar-refractivity contribution >= 4 is 0 Å². The molecule has 0 spiro atoms. The molecule has 0 saturated heterocycles. The summed E-state index contributed by atoms with van der Waals surface area (Å²) in [6, 6.07) is 0. The van der Waals surface area contributed by atoms with Gasteiger partial charge in [0.25, 0.3) is 0 Å². The summed E-state index contributed by atoms with van der Waals surface area (Å²) >= 11 is 0. The van der Waals surface area contributed by atoms with Crippen molar-refractivity contribution < 1.29 is 13.5 Å². The van der Waals surface area contributed by atoms with E-state index in [9.17, 15) is 8.78 Å². The molecule has 13 heavy (non-hydrogen) atoms. The normalized spacial score (nSPS) is 9.38. The highest BCUT2D eigenvalue weighted by Crippen LogP contribution is 2.05. The van der Waals surface area contributed by atoms with Gasteiger partial charge >= 0.3 is 6.61 Å². The van der Waals surface area contributed by atoms with Gasteiger partial charge < -0.3 is 4.74 Å². The SMILES string of the molecule is C=C(C)/C=C\C(=C)OC(F)F.CC. The van der Waals surface area contributed by atoms with E-state index in [1.54, 1.807) is 13.0 Å². The Labute approximate surface area is 78.4 Å². The Hall–Kier alpha value is -1.12. The van der Waals surface area contributed by atoms with Crippen LogP contribution in [-0.4, -0.2) is 6.61 Å². The van der Waals surface area contributed by atoms with E-state index < -0.39 is 6.61 Å². The van der Waals surface area contributed by atoms with E-state index in [2.05, 4.69) is 17.9 Å². The lowest BCUT2D eigenvalue weighted by molar-refractivity contribution is -0.0915. The van der Waals surface area contributed by atoms with Crippen molar-refractivity contribution in [2.45, 2.75) is 27.4 Å². The molecular weight excluding hydrogens is 174 g/mol. The van der Waals surface area contributed by atoms with Crippen molar-refractivity contribution in [2.75, 3.05) is 0 Å². The molecule has 0 aromatic heterocycles. The Kier molecular flexibility index (Phi) is 9.94. The van der Waals surface area contributed by atoms with Crippen molar-refractivity contribution in [3.8, 4) is 0 Å². The molecule has 0 rings (SSSR count). The van der Waals surface area contributed by atoms with Gasteiger partial charge in [0.1, 0.15) is 5.76 Å². The third kappa shape index (κ3) is 13.8. The standard InChI is InChI=1S/C8H10F2O.C2H6/c1-6(2)4-5-7(3)11-8(9)10;1-2/h4-5,8H,1,3H2,2H3;1-2H3/b5-4-;. The van der Waals surface area contributed by atoms with Crippen LogP contribution >= 0.6 is 0 Å². The van der Waals surface area contributed by atoms with E-state index in [0.717, 1.165) is 5.57 Å². The molecule has 0 fully saturated rings. The molecule has 0 aliphatic rings. The summed E-state index contributed by atoms with van der Waals surface area (Å²) in [7, 11) is 0. The summed E-state index contributed by atoms with van der Waals surface area (Å²) in [5.41, 5.74) is 0.754. The van der Waals surface area contributed by atoms with Gasteiger partial charge in [0.05, 0.1) is 0 Å². The minimum absolute atomic E-state index is 0.0667. The summed E-state index contributed by atoms with van der Waals surface area (Å²) in [5.74, 6) is -0.0667. The van der Waals surface area contributed by atoms with Crippen LogP contribution in [0.1, 0.15) is 20.8 Å². The van der Waals surface area contributed by atoms with Crippen molar-refractivity contribution in [2.24, 2.45) is 0 Å². The van der Waals surface area contributed by atoms with Gasteiger partial charge in [-0.2, -0.15) is 8.78 Å². The fourth-order valence-corrected chi connectivity index (χ4v) is 0.389. The van der Waals surface area contributed by atoms with Gasteiger partial charge in [-0.1, -0.05) is 38.7 Å². The van der Waals surface area contributed by atoms with E-state index in [0.29, 0.717) is 0 Å². The molecule has 76 valence electrons. The van der Waals surface area contributed by atoms with Crippen LogP contribution in [0.4, 0.5) is 8.78 Å². The van der Waals surface area contributed by atoms with Gasteiger partial charge in [-0.25, -0.2) is 0 Å². The number of halogens is 2. The van der Waals surface area contributed by atoms with Crippen LogP contribution in [0.5, 0.6) is 0 Å². The summed E-state index contributed by atoms with van der Waals surface area (Å²) < 4.78 is 26.9. The van der Waals surface area contributed by atoms with E-state index in [-0.39, 0.29) is 5.76 Å². The quantitative estimate of drug-likeness (QED) is 0.482. The molecule has 0 unspecified atom stereocenters. The maximum atomic E-state index is 11.5. The van der Waals surface area contributed by atoms with Crippen LogP contribution in [-0.2, 0) is 4.74 Å². The predicted octanol–water partition coefficient (Wildman–Crippen LogP) is 3.90. The molecule has 0 aromatic carbocycles. The number of allylic oxidation sites excluding steroid dienone is 3. The highest BCUT2D eigenvalue weighted by atomic mass is 19.3. The van der Waals surface area contributed by atoms with Crippen LogP contribution in [0.25, 0.3) is 0 Å². The van der Waals surface area contributed by atoms with Gasteiger partial charge in [0, 0.05) is 0 Å². The third-order valence-electron chi connectivity index (χ3n) is 0.794. The third-order valence-corrected chi connectivity index (χ3v) is 0.794. The monoisotopic (exact) mass is 190 g/mol. The van der Waals surface area contributed by atoms with E-state index >= 15 is 0 Å². The van der Waals surface area contributed by atoms with Crippen LogP contribution < -0.4 is 0 Å². The maximum Gasteiger partial charge on any atom is 0.387 e. The lowest BCUT2D eigenvalue weighted by atomic mass is 10.3. The Balaban J connectivity index is 0. The number of hydrogen-bond donors (Lipinski definition) is 0. The highest BCUT2D eigenvalue weighted by Gasteiger charge is 2.00. The Morgan fingerprint density at radius 3 is 2.00 bits per heavy atom. The van der Waals surface area contributed by atoms with Crippen LogP contribution in [0.3, 0.4) is 0 Å². The fourth-order valence-electron chi connectivity index (χ4n) is 0.389. The van der Waals surface area contributed by atoms with Gasteiger partial charge in [-0.15, -0.1) is 0 Å². The summed E-state index contributed by atoms with van der Waals surface area (Å²) in [5, 5.41) is 0. The predicted molar refractivity (Wildman–Crippen MR) is 51.5 cm³/mol. The second-order valence-electron chi connectivity index (χ2n) is 2.02. The molecule has 0 aromatic rings. The Morgan fingerprint density at radius 1 is 1.23 bits per heavy atom. The zero-order valence-corrected chi connectivity index (χ0v) is 8.31. The van der Waals surface area contributed by atoms with E-state index in [1.165, 1.54) is 6.08 Å². The van der Waals surface area contributed by atoms with Crippen molar-refractivity contribution in [1.29, 1.82) is 0 Å². The molecule has 3 heteroatoms. The molecule has 0 radical (unpaired) electrons. The molecule has 0 aliphatic carbocycles. The first-order valence-electron chi connectivity index (χ1n) is 3.99. The van der Waals surface area contributed by atoms with Crippen LogP contribution in [0, 0.1) is 0 Å². The summed E-state index contributed by atoms with van der Waals surface area (Å²) in [6.07, 6.45) is 2.89. The van der Waals surface area contributed by atoms with Crippen molar-refractivity contribution in [3.63, 3.8) is 0 Å². The second kappa shape index (κ2) is 8.97. The molecular formula is C10H16F2O. The molecule has 0 aliphatic heterocycles. The van der Waals surface area contributed by atoms with E-state index in [4.69, 9.17) is 0 Å². The minimum atomic E-state index is -2.81. The topological polar surface area (TPSA) is 9.23 Å². The average molecular weight is 190 g/mol. The van der Waals surface area contributed by atoms with Gasteiger partial charge in [-0.3, -0.25) is 0 Å². The fraction of sp³-hybridized carbons (Fsp3) is 0.400. The van der Waals surface area contributed by atoms with Gasteiger partial charge in [0.2, 0.25) is 0 Å². The molecule has 0 bridgehead atoms. The van der Waals surface area contributed by atoms with E-state index in [1.807, 2.05) is 13.8 Å². The van der Waals surface area contributed by atoms with Gasteiger partial charge in [0.15, 0.2) is 0 Å². The van der Waals surface area contributed by atoms with Crippen LogP contribution in [0.15, 0.2) is 36.6 Å². The molecule has 0 saturated carbocycles. The lowest BCUT2D eigenvalue weighted by Crippen LogP contribution is -1.95. The summed E-state index contributed by atoms with van der Waals surface area (Å²) in [6.45, 7) is 9.71. The van der Waals surface area contributed by atoms with Crippen molar-refractivity contribution in [1.82, 2.24) is 0 Å². The Morgan fingerprint density at radius 2 is 1.69 bits per heavy atom. The van der Waals surface area contributed by atoms with Gasteiger partial charge in [-0.05, 0) is 13.0 Å². The van der Waals surface area contributed by atoms with Crippen LogP contribution in [0.2, 0.25) is 0 Å². The Bertz CT molecular complexity index is 183. The molecule has 0 amide bonds. The zero-order valence-electron chi connectivity index (χ0n) is 8.31. The summed E-state index contributed by atoms with van der Waals surface area (Å²) in [4.78, 5) is 0. The first-order valence-corrected chi connectivity index (χ1v) is 3.99.